The number of nitrogens with zero attached hydrogens (tertiary/aromatic N) is 1. The smallest absolute Gasteiger partial charge is 0.238 e. The summed E-state index contributed by atoms with van der Waals surface area (Å²) in [5.74, 6) is -0.282. The molecule has 1 aromatic rings. The Morgan fingerprint density at radius 1 is 0.920 bits per heavy atom. The van der Waals surface area contributed by atoms with Gasteiger partial charge in [0.05, 0.1) is 17.5 Å². The minimum absolute atomic E-state index is 0.0528. The first-order valence-electron chi connectivity index (χ1n) is 9.20. The molecule has 2 saturated carbocycles. The maximum atomic E-state index is 13.1. The third-order valence-corrected chi connectivity index (χ3v) is 6.58. The van der Waals surface area contributed by atoms with Crippen LogP contribution in [0.25, 0.3) is 0 Å². The molecule has 4 atom stereocenters. The number of carbonyl (C=O) groups is 2. The number of hydrogen-bond acceptors (Lipinski definition) is 2. The van der Waals surface area contributed by atoms with Crippen LogP contribution in [0.5, 0.6) is 0 Å². The van der Waals surface area contributed by atoms with Gasteiger partial charge < -0.3 is 0 Å². The third-order valence-electron chi connectivity index (χ3n) is 6.35. The van der Waals surface area contributed by atoms with Gasteiger partial charge in [-0.1, -0.05) is 47.4 Å². The highest BCUT2D eigenvalue weighted by Gasteiger charge is 2.62. The molecule has 1 saturated heterocycles. The van der Waals surface area contributed by atoms with Gasteiger partial charge in [0.25, 0.3) is 0 Å². The van der Waals surface area contributed by atoms with Crippen LogP contribution in [0.15, 0.2) is 47.6 Å². The number of benzene rings is 1. The van der Waals surface area contributed by atoms with Gasteiger partial charge in [0.1, 0.15) is 0 Å². The number of allylic oxidation sites excluding steroid dienone is 4. The molecule has 0 N–H and O–H groups in total. The molecule has 128 valence electrons. The first-order valence-corrected chi connectivity index (χ1v) is 9.58. The lowest BCUT2D eigenvalue weighted by atomic mass is 9.85. The van der Waals surface area contributed by atoms with Gasteiger partial charge >= 0.3 is 0 Å². The molecule has 1 heterocycles. The van der Waals surface area contributed by atoms with E-state index in [0.29, 0.717) is 10.7 Å². The largest absolute Gasteiger partial charge is 0.274 e. The molecular weight excluding hydrogens is 334 g/mol. The van der Waals surface area contributed by atoms with E-state index >= 15 is 0 Å². The summed E-state index contributed by atoms with van der Waals surface area (Å²) >= 11 is 6.06. The topological polar surface area (TPSA) is 37.4 Å². The van der Waals surface area contributed by atoms with Gasteiger partial charge in [0.2, 0.25) is 11.8 Å². The second-order valence-corrected chi connectivity index (χ2v) is 8.04. The minimum Gasteiger partial charge on any atom is -0.274 e. The van der Waals surface area contributed by atoms with Crippen molar-refractivity contribution >= 4 is 29.1 Å². The Morgan fingerprint density at radius 2 is 1.56 bits per heavy atom. The summed E-state index contributed by atoms with van der Waals surface area (Å²) in [6.07, 6.45) is 10.4. The van der Waals surface area contributed by atoms with Crippen molar-refractivity contribution in [3.63, 3.8) is 0 Å². The number of halogens is 1. The lowest BCUT2D eigenvalue weighted by molar-refractivity contribution is -0.122. The number of fused-ring (bicyclic) bond motifs is 5. The number of hydrogen-bond donors (Lipinski definition) is 0. The van der Waals surface area contributed by atoms with Crippen molar-refractivity contribution in [2.75, 3.05) is 4.90 Å². The highest BCUT2D eigenvalue weighted by molar-refractivity contribution is 6.31. The van der Waals surface area contributed by atoms with Crippen LogP contribution in [-0.4, -0.2) is 11.8 Å². The first kappa shape index (κ1) is 15.4. The number of imide groups is 1. The standard InChI is InChI=1S/C21H20ClNO2/c22-13-7-4-8-14(11-13)23-20(24)18-15-9-10-16(19(18)21(23)25)17(15)12-5-2-1-3-6-12/h4,7-11,15-16,18-19H,1-3,5-6H2/t15-,16-,18+,19+/m1/s1. The van der Waals surface area contributed by atoms with Crippen molar-refractivity contribution in [1.29, 1.82) is 0 Å². The molecule has 3 fully saturated rings. The number of carbonyl (C=O) groups excluding carboxylic acids is 2. The Hall–Kier alpha value is -1.87. The fraction of sp³-hybridized carbons (Fsp3) is 0.429. The second kappa shape index (κ2) is 5.57. The van der Waals surface area contributed by atoms with Gasteiger partial charge in [-0.3, -0.25) is 9.59 Å². The molecular formula is C21H20ClNO2. The molecule has 1 aliphatic heterocycles. The van der Waals surface area contributed by atoms with E-state index in [2.05, 4.69) is 12.2 Å². The summed E-state index contributed by atoms with van der Waals surface area (Å²) in [5, 5.41) is 0.543. The summed E-state index contributed by atoms with van der Waals surface area (Å²) in [5.41, 5.74) is 3.53. The van der Waals surface area contributed by atoms with Crippen molar-refractivity contribution in [3.8, 4) is 0 Å². The molecule has 4 heteroatoms. The molecule has 1 aromatic carbocycles. The zero-order valence-corrected chi connectivity index (χ0v) is 14.7. The Morgan fingerprint density at radius 3 is 2.16 bits per heavy atom. The van der Waals surface area contributed by atoms with E-state index in [4.69, 9.17) is 11.6 Å². The molecule has 0 aromatic heterocycles. The molecule has 0 spiro atoms. The minimum atomic E-state index is -0.217. The quantitative estimate of drug-likeness (QED) is 0.549. The van der Waals surface area contributed by atoms with Crippen molar-refractivity contribution in [1.82, 2.24) is 0 Å². The van der Waals surface area contributed by atoms with Crippen LogP contribution in [0.3, 0.4) is 0 Å². The van der Waals surface area contributed by atoms with Crippen LogP contribution in [0, 0.1) is 23.7 Å². The Balaban J connectivity index is 1.54. The normalized spacial score (nSPS) is 33.6. The summed E-state index contributed by atoms with van der Waals surface area (Å²) < 4.78 is 0. The predicted molar refractivity (Wildman–Crippen MR) is 97.2 cm³/mol. The zero-order valence-electron chi connectivity index (χ0n) is 14.0. The van der Waals surface area contributed by atoms with E-state index in [1.54, 1.807) is 24.3 Å². The van der Waals surface area contributed by atoms with Gasteiger partial charge in [-0.05, 0) is 43.9 Å². The van der Waals surface area contributed by atoms with Crippen molar-refractivity contribution in [2.24, 2.45) is 23.7 Å². The lowest BCUT2D eigenvalue weighted by Gasteiger charge is -2.23. The maximum absolute atomic E-state index is 13.1. The highest BCUT2D eigenvalue weighted by Crippen LogP contribution is 2.58. The summed E-state index contributed by atoms with van der Waals surface area (Å²) in [6, 6.07) is 7.04. The van der Waals surface area contributed by atoms with E-state index in [1.165, 1.54) is 35.3 Å². The van der Waals surface area contributed by atoms with Gasteiger partial charge in [-0.25, -0.2) is 4.90 Å². The molecule has 0 unspecified atom stereocenters. The van der Waals surface area contributed by atoms with Gasteiger partial charge in [0.15, 0.2) is 0 Å². The fourth-order valence-electron chi connectivity index (χ4n) is 5.37. The molecule has 4 aliphatic rings. The number of anilines is 1. The number of amides is 2. The highest BCUT2D eigenvalue weighted by atomic mass is 35.5. The fourth-order valence-corrected chi connectivity index (χ4v) is 5.56. The summed E-state index contributed by atoms with van der Waals surface area (Å²) in [4.78, 5) is 27.6. The Labute approximate surface area is 152 Å². The molecule has 25 heavy (non-hydrogen) atoms. The Bertz CT molecular complexity index is 798. The van der Waals surface area contributed by atoms with Crippen LogP contribution in [0.2, 0.25) is 5.02 Å². The van der Waals surface area contributed by atoms with Gasteiger partial charge in [-0.2, -0.15) is 0 Å². The Kier molecular flexibility index (Phi) is 3.43. The summed E-state index contributed by atoms with van der Waals surface area (Å²) in [7, 11) is 0. The van der Waals surface area contributed by atoms with Crippen molar-refractivity contribution < 1.29 is 9.59 Å². The lowest BCUT2D eigenvalue weighted by Crippen LogP contribution is -2.33. The molecule has 2 bridgehead atoms. The van der Waals surface area contributed by atoms with Crippen LogP contribution >= 0.6 is 11.6 Å². The van der Waals surface area contributed by atoms with E-state index in [-0.39, 0.29) is 35.5 Å². The van der Waals surface area contributed by atoms with Crippen molar-refractivity contribution in [3.05, 3.63) is 52.6 Å². The molecule has 5 rings (SSSR count). The number of rotatable bonds is 1. The third kappa shape index (κ3) is 2.11. The van der Waals surface area contributed by atoms with Crippen LogP contribution in [0.1, 0.15) is 32.1 Å². The molecule has 2 amide bonds. The van der Waals surface area contributed by atoms with Crippen LogP contribution in [0.4, 0.5) is 5.69 Å². The average Bonchev–Trinajstić information content (AvgIpc) is 3.25. The molecule has 3 aliphatic carbocycles. The van der Waals surface area contributed by atoms with Gasteiger partial charge in [0, 0.05) is 16.9 Å². The summed E-state index contributed by atoms with van der Waals surface area (Å²) in [6.45, 7) is 0. The predicted octanol–water partition coefficient (Wildman–Crippen LogP) is 4.52. The van der Waals surface area contributed by atoms with E-state index in [9.17, 15) is 9.59 Å². The molecule has 3 nitrogen and oxygen atoms in total. The zero-order chi connectivity index (χ0) is 17.1. The van der Waals surface area contributed by atoms with E-state index in [1.807, 2.05) is 0 Å². The first-order chi connectivity index (χ1) is 12.2. The van der Waals surface area contributed by atoms with E-state index < -0.39 is 0 Å². The second-order valence-electron chi connectivity index (χ2n) is 7.60. The SMILES string of the molecule is O=C1[C@@H]2[C@@H](C(=O)N1c1cccc(Cl)c1)[C@@H]1C=C[C@@H]2C1=C1CCCCC1. The van der Waals surface area contributed by atoms with Crippen LogP contribution < -0.4 is 4.90 Å². The van der Waals surface area contributed by atoms with Gasteiger partial charge in [-0.15, -0.1) is 0 Å². The van der Waals surface area contributed by atoms with E-state index in [0.717, 1.165) is 12.8 Å². The van der Waals surface area contributed by atoms with Crippen molar-refractivity contribution in [2.45, 2.75) is 32.1 Å². The van der Waals surface area contributed by atoms with Crippen LogP contribution in [-0.2, 0) is 9.59 Å². The molecule has 0 radical (unpaired) electrons. The maximum Gasteiger partial charge on any atom is 0.238 e. The average molecular weight is 354 g/mol. The monoisotopic (exact) mass is 353 g/mol.